The van der Waals surface area contributed by atoms with Crippen LogP contribution in [0, 0.1) is 0 Å². The summed E-state index contributed by atoms with van der Waals surface area (Å²) in [6.45, 7) is 0. The third-order valence-electron chi connectivity index (χ3n) is 0.655. The first-order chi connectivity index (χ1) is 2.50. The van der Waals surface area contributed by atoms with Gasteiger partial charge in [-0.1, -0.05) is 24.3 Å². The van der Waals surface area contributed by atoms with Crippen LogP contribution in [-0.2, 0) is 16.8 Å². The van der Waals surface area contributed by atoms with Gasteiger partial charge in [0.1, 0.15) is 0 Å². The van der Waals surface area contributed by atoms with Crippen molar-refractivity contribution in [1.82, 2.24) is 0 Å². The van der Waals surface area contributed by atoms with Crippen LogP contribution >= 0.6 is 0 Å². The average molecular weight is 125 g/mol. The van der Waals surface area contributed by atoms with Crippen molar-refractivity contribution in [2.75, 3.05) is 0 Å². The largest absolute Gasteiger partial charge is 2.00 e. The van der Waals surface area contributed by atoms with Gasteiger partial charge < -0.3 is 0 Å². The zero-order valence-electron chi connectivity index (χ0n) is 3.35. The van der Waals surface area contributed by atoms with Crippen LogP contribution in [0.4, 0.5) is 0 Å². The quantitative estimate of drug-likeness (QED) is 0.460. The molecule has 0 saturated carbocycles. The monoisotopic (exact) mass is 125 g/mol. The Morgan fingerprint density at radius 3 is 1.67 bits per heavy atom. The van der Waals surface area contributed by atoms with E-state index in [2.05, 4.69) is 24.3 Å². The van der Waals surface area contributed by atoms with Crippen molar-refractivity contribution in [1.29, 1.82) is 0 Å². The number of hydrogen-bond acceptors (Lipinski definition) is 0. The molecule has 0 saturated heterocycles. The molecule has 1 heteroatoms. The minimum atomic E-state index is 0. The molecule has 0 aliphatic heterocycles. The summed E-state index contributed by atoms with van der Waals surface area (Å²) in [5.41, 5.74) is 0. The molecule has 0 heterocycles. The second kappa shape index (κ2) is 3.19. The normalized spacial score (nSPS) is 14.7. The molecular weight excluding hydrogens is 119 g/mol. The van der Waals surface area contributed by atoms with E-state index in [0.717, 1.165) is 6.42 Å². The molecule has 0 aromatic carbocycles. The Labute approximate surface area is 48.1 Å². The van der Waals surface area contributed by atoms with Crippen LogP contribution in [0.3, 0.4) is 0 Å². The molecule has 0 bridgehead atoms. The summed E-state index contributed by atoms with van der Waals surface area (Å²) >= 11 is 0. The summed E-state index contributed by atoms with van der Waals surface area (Å²) in [4.78, 5) is 0. The van der Waals surface area contributed by atoms with Gasteiger partial charge in [-0.3, -0.25) is 0 Å². The van der Waals surface area contributed by atoms with Crippen molar-refractivity contribution >= 4 is 0 Å². The van der Waals surface area contributed by atoms with Gasteiger partial charge in [0.2, 0.25) is 0 Å². The Kier molecular flexibility index (Phi) is 3.18. The summed E-state index contributed by atoms with van der Waals surface area (Å²) in [6.07, 6.45) is 9.50. The zero-order chi connectivity index (χ0) is 3.54. The summed E-state index contributed by atoms with van der Waals surface area (Å²) in [6, 6.07) is 0. The van der Waals surface area contributed by atoms with E-state index in [4.69, 9.17) is 0 Å². The van der Waals surface area contributed by atoms with E-state index >= 15 is 0 Å². The van der Waals surface area contributed by atoms with E-state index in [1.54, 1.807) is 0 Å². The maximum Gasteiger partial charge on any atom is 2.00 e. The van der Waals surface area contributed by atoms with E-state index in [-0.39, 0.29) is 16.8 Å². The minimum absolute atomic E-state index is 0. The van der Waals surface area contributed by atoms with Gasteiger partial charge in [-0.15, -0.1) is 0 Å². The van der Waals surface area contributed by atoms with Crippen molar-refractivity contribution in [3.05, 3.63) is 24.3 Å². The maximum atomic E-state index is 2.12. The van der Waals surface area contributed by atoms with E-state index in [9.17, 15) is 0 Å². The predicted molar refractivity (Wildman–Crippen MR) is 22.9 cm³/mol. The third-order valence-corrected chi connectivity index (χ3v) is 0.655. The van der Waals surface area contributed by atoms with Gasteiger partial charge in [-0.2, -0.15) is 0 Å². The second-order valence-corrected chi connectivity index (χ2v) is 1.09. The van der Waals surface area contributed by atoms with Gasteiger partial charge >= 0.3 is 16.8 Å². The second-order valence-electron chi connectivity index (χ2n) is 1.09. The van der Waals surface area contributed by atoms with E-state index in [0.29, 0.717) is 0 Å². The average Bonchev–Trinajstić information content (AvgIpc) is 1.76. The van der Waals surface area contributed by atoms with Crippen LogP contribution in [-0.4, -0.2) is 0 Å². The van der Waals surface area contributed by atoms with Crippen molar-refractivity contribution in [2.45, 2.75) is 6.42 Å². The fraction of sp³-hybridized carbons (Fsp3) is 0.200. The molecule has 1 rings (SSSR count). The zero-order valence-corrected chi connectivity index (χ0v) is 4.39. The Hall–Kier alpha value is -0.0135. The first kappa shape index (κ1) is 5.99. The molecular formula is C5H6Co+2. The molecule has 0 N–H and O–H groups in total. The first-order valence-electron chi connectivity index (χ1n) is 1.82. The van der Waals surface area contributed by atoms with Crippen LogP contribution in [0.1, 0.15) is 6.42 Å². The Bertz CT molecular complexity index is 62.0. The summed E-state index contributed by atoms with van der Waals surface area (Å²) < 4.78 is 0. The Morgan fingerprint density at radius 2 is 1.50 bits per heavy atom. The number of hydrogen-bond donors (Lipinski definition) is 0. The maximum absolute atomic E-state index is 2.12. The van der Waals surface area contributed by atoms with E-state index in [1.165, 1.54) is 0 Å². The molecule has 0 aromatic heterocycles. The molecule has 0 spiro atoms. The van der Waals surface area contributed by atoms with Gasteiger partial charge in [0.15, 0.2) is 0 Å². The van der Waals surface area contributed by atoms with Crippen molar-refractivity contribution in [3.63, 3.8) is 0 Å². The van der Waals surface area contributed by atoms with Gasteiger partial charge in [0.05, 0.1) is 0 Å². The smallest absolute Gasteiger partial charge is 0.0808 e. The van der Waals surface area contributed by atoms with E-state index in [1.807, 2.05) is 0 Å². The molecule has 0 aromatic rings. The van der Waals surface area contributed by atoms with Gasteiger partial charge in [0, 0.05) is 0 Å². The van der Waals surface area contributed by atoms with Gasteiger partial charge in [-0.25, -0.2) is 0 Å². The van der Waals surface area contributed by atoms with E-state index < -0.39 is 0 Å². The molecule has 0 fully saturated rings. The summed E-state index contributed by atoms with van der Waals surface area (Å²) in [5, 5.41) is 0. The molecule has 6 heavy (non-hydrogen) atoms. The van der Waals surface area contributed by atoms with Crippen LogP contribution in [0.2, 0.25) is 0 Å². The summed E-state index contributed by atoms with van der Waals surface area (Å²) in [7, 11) is 0. The minimum Gasteiger partial charge on any atom is -0.0808 e. The molecule has 0 nitrogen and oxygen atoms in total. The molecule has 0 amide bonds. The van der Waals surface area contributed by atoms with Crippen molar-refractivity contribution in [2.24, 2.45) is 0 Å². The van der Waals surface area contributed by atoms with Crippen molar-refractivity contribution in [3.8, 4) is 0 Å². The van der Waals surface area contributed by atoms with Crippen molar-refractivity contribution < 1.29 is 16.8 Å². The molecule has 1 aliphatic rings. The fourth-order valence-electron chi connectivity index (χ4n) is 0.393. The number of rotatable bonds is 0. The third kappa shape index (κ3) is 1.43. The number of allylic oxidation sites excluding steroid dienone is 4. The molecule has 1 radical (unpaired) electrons. The Morgan fingerprint density at radius 1 is 1.00 bits per heavy atom. The molecule has 1 aliphatic carbocycles. The van der Waals surface area contributed by atoms with Gasteiger partial charge in [0.25, 0.3) is 0 Å². The molecule has 33 valence electrons. The molecule has 0 unspecified atom stereocenters. The topological polar surface area (TPSA) is 0 Å². The first-order valence-corrected chi connectivity index (χ1v) is 1.82. The summed E-state index contributed by atoms with van der Waals surface area (Å²) in [5.74, 6) is 0. The SMILES string of the molecule is C1=CCC=C1.[Co+2]. The Balaban J connectivity index is 0.000000250. The molecule has 0 atom stereocenters. The van der Waals surface area contributed by atoms with Gasteiger partial charge in [-0.05, 0) is 6.42 Å². The van der Waals surface area contributed by atoms with Crippen LogP contribution in [0.5, 0.6) is 0 Å². The fourth-order valence-corrected chi connectivity index (χ4v) is 0.393. The van der Waals surface area contributed by atoms with Crippen LogP contribution < -0.4 is 0 Å². The predicted octanol–water partition coefficient (Wildman–Crippen LogP) is 1.50. The standard InChI is InChI=1S/C5H6.Co/c1-2-4-5-3-1;/h1-4H,5H2;/q;+2. The van der Waals surface area contributed by atoms with Crippen LogP contribution in [0.15, 0.2) is 24.3 Å². The van der Waals surface area contributed by atoms with Crippen LogP contribution in [0.25, 0.3) is 0 Å².